The minimum absolute atomic E-state index is 1.07. The smallest absolute Gasteiger partial charge is 0.325 e. The van der Waals surface area contributed by atoms with Crippen molar-refractivity contribution in [1.82, 2.24) is 0 Å². The molecule has 7 nitrogen and oxygen atoms in total. The Labute approximate surface area is 198 Å². The van der Waals surface area contributed by atoms with Gasteiger partial charge in [0.25, 0.3) is 10.1 Å². The molecule has 156 valence electrons. The first-order valence-electron chi connectivity index (χ1n) is 9.97. The van der Waals surface area contributed by atoms with E-state index in [1.165, 1.54) is 64.2 Å². The topological polar surface area (TPSA) is 129 Å². The van der Waals surface area contributed by atoms with Gasteiger partial charge in [0.2, 0.25) is 0 Å². The van der Waals surface area contributed by atoms with Gasteiger partial charge in [0, 0.05) is 0 Å². The molecule has 0 aromatic carbocycles. The monoisotopic (exact) mass is 434 g/mol. The molecule has 9 heteroatoms. The Kier molecular flexibility index (Phi) is 20.4. The van der Waals surface area contributed by atoms with Crippen LogP contribution < -0.4 is 0 Å². The summed E-state index contributed by atoms with van der Waals surface area (Å²) in [5.74, 6) is -3.50. The van der Waals surface area contributed by atoms with Crippen molar-refractivity contribution in [3.63, 3.8) is 0 Å². The van der Waals surface area contributed by atoms with Crippen LogP contribution in [-0.4, -0.2) is 89.3 Å². The Balaban J connectivity index is 0. The van der Waals surface area contributed by atoms with E-state index in [-0.39, 0.29) is 0 Å². The molecule has 0 amide bonds. The summed E-state index contributed by atoms with van der Waals surface area (Å²) in [6.45, 7) is 4.61. The van der Waals surface area contributed by atoms with Crippen LogP contribution in [0.3, 0.4) is 0 Å². The van der Waals surface area contributed by atoms with Crippen LogP contribution >= 0.6 is 0 Å². The molecular weight excluding hydrogens is 399 g/mol. The summed E-state index contributed by atoms with van der Waals surface area (Å²) in [7, 11) is -4.84. The molecule has 0 spiro atoms. The zero-order valence-corrected chi connectivity index (χ0v) is 21.0. The minimum Gasteiger partial charge on any atom is -0.481 e. The second kappa shape index (κ2) is 18.5. The van der Waals surface area contributed by atoms with Crippen molar-refractivity contribution in [1.29, 1.82) is 0 Å². The normalized spacial score (nSPS) is 13.4. The third-order valence-corrected chi connectivity index (χ3v) is 7.24. The first-order valence-corrected chi connectivity index (χ1v) is 13.3. The minimum atomic E-state index is -4.84. The molecule has 0 aromatic rings. The maximum absolute atomic E-state index is 10.2. The number of unbranched alkanes of at least 4 members (excludes halogenated alkanes) is 7. The van der Waals surface area contributed by atoms with E-state index in [0.29, 0.717) is 0 Å². The van der Waals surface area contributed by atoms with E-state index in [0.717, 1.165) is 49.0 Å². The maximum Gasteiger partial charge on any atom is 0.325 e. The summed E-state index contributed by atoms with van der Waals surface area (Å²) in [6.07, 6.45) is 15.1. The van der Waals surface area contributed by atoms with Crippen molar-refractivity contribution in [3.8, 4) is 0 Å². The molecule has 0 saturated carbocycles. The van der Waals surface area contributed by atoms with Gasteiger partial charge in [0.15, 0.2) is 5.25 Å². The molecule has 0 aliphatic carbocycles. The van der Waals surface area contributed by atoms with E-state index < -0.39 is 33.7 Å². The standard InChI is InChI=1S/C14H29.C4H6O7S.K/c1-3-5-7-9-11-13-14-12-10-8-6-4-2;5-3(6)1-2(4(7)8)12(9,10)11;/h9H,3-8,10-14H2,1-2H3;2H,1H2,(H,5,6)(H,7,8)(H,9,10,11);. The Hall–Kier alpha value is 0.486. The molecule has 0 saturated heterocycles. The second-order valence-electron chi connectivity index (χ2n) is 7.10. The SMILES string of the molecule is CCCCCCCCC[CH]([K])CCCC.O=C(O)CC(C(=O)O)S(=O)(=O)O. The van der Waals surface area contributed by atoms with E-state index in [1.807, 2.05) is 0 Å². The van der Waals surface area contributed by atoms with E-state index in [2.05, 4.69) is 13.8 Å². The molecule has 2 unspecified atom stereocenters. The van der Waals surface area contributed by atoms with Crippen LogP contribution in [0.2, 0.25) is 0.0125 Å². The fourth-order valence-electron chi connectivity index (χ4n) is 2.63. The Morgan fingerprint density at radius 1 is 0.852 bits per heavy atom. The number of hydrogen-bond donors (Lipinski definition) is 3. The fourth-order valence-corrected chi connectivity index (χ4v) is 4.51. The average Bonchev–Trinajstić information content (AvgIpc) is 2.56. The molecule has 0 aromatic heterocycles. The predicted octanol–water partition coefficient (Wildman–Crippen LogP) is 4.08. The molecule has 0 aliphatic rings. The van der Waals surface area contributed by atoms with Gasteiger partial charge in [0.05, 0.1) is 6.42 Å². The van der Waals surface area contributed by atoms with Gasteiger partial charge in [-0.1, -0.05) is 0 Å². The van der Waals surface area contributed by atoms with Gasteiger partial charge in [-0.25, -0.2) is 0 Å². The molecule has 0 fully saturated rings. The number of aliphatic carboxylic acids is 2. The molecule has 0 aliphatic heterocycles. The fraction of sp³-hybridized carbons (Fsp3) is 0.889. The summed E-state index contributed by atoms with van der Waals surface area (Å²) in [5.41, 5.74) is 0. The van der Waals surface area contributed by atoms with Gasteiger partial charge >= 0.3 is 145 Å². The second-order valence-corrected chi connectivity index (χ2v) is 11.2. The molecule has 3 N–H and O–H groups in total. The zero-order chi connectivity index (χ0) is 21.3. The zero-order valence-electron chi connectivity index (χ0n) is 17.0. The van der Waals surface area contributed by atoms with Crippen LogP contribution in [0.15, 0.2) is 0 Å². The van der Waals surface area contributed by atoms with Crippen LogP contribution in [0.5, 0.6) is 0 Å². The largest absolute Gasteiger partial charge is 0.481 e. The van der Waals surface area contributed by atoms with Crippen LogP contribution in [0.4, 0.5) is 0 Å². The van der Waals surface area contributed by atoms with Gasteiger partial charge in [-0.3, -0.25) is 14.1 Å². The van der Waals surface area contributed by atoms with Gasteiger partial charge in [-0.2, -0.15) is 8.42 Å². The number of carbonyl (C=O) groups is 2. The summed E-state index contributed by atoms with van der Waals surface area (Å²) in [6, 6.07) is 0. The van der Waals surface area contributed by atoms with Crippen LogP contribution in [0, 0.1) is 0 Å². The van der Waals surface area contributed by atoms with Crippen molar-refractivity contribution >= 4 is 71.0 Å². The van der Waals surface area contributed by atoms with Crippen molar-refractivity contribution in [2.24, 2.45) is 0 Å². The van der Waals surface area contributed by atoms with Gasteiger partial charge in [0.1, 0.15) is 0 Å². The van der Waals surface area contributed by atoms with Gasteiger partial charge in [-0.15, -0.1) is 0 Å². The van der Waals surface area contributed by atoms with Crippen molar-refractivity contribution in [2.75, 3.05) is 0 Å². The number of carboxylic acid groups (broad SMARTS) is 2. The molecule has 0 radical (unpaired) electrons. The first-order chi connectivity index (χ1) is 12.6. The van der Waals surface area contributed by atoms with Crippen LogP contribution in [0.25, 0.3) is 0 Å². The van der Waals surface area contributed by atoms with Crippen molar-refractivity contribution in [2.45, 2.75) is 96.2 Å². The first kappa shape index (κ1) is 29.7. The number of rotatable bonds is 15. The number of hydrogen-bond acceptors (Lipinski definition) is 4. The quantitative estimate of drug-likeness (QED) is 0.201. The van der Waals surface area contributed by atoms with Crippen molar-refractivity contribution < 1.29 is 32.8 Å². The van der Waals surface area contributed by atoms with Crippen LogP contribution in [0.1, 0.15) is 90.9 Å². The molecule has 0 rings (SSSR count). The molecule has 0 bridgehead atoms. The molecule has 27 heavy (non-hydrogen) atoms. The van der Waals surface area contributed by atoms with Crippen LogP contribution in [-0.2, 0) is 19.7 Å². The Morgan fingerprint density at radius 3 is 1.67 bits per heavy atom. The summed E-state index contributed by atoms with van der Waals surface area (Å²) in [4.78, 5) is 20.0. The predicted molar refractivity (Wildman–Crippen MR) is 107 cm³/mol. The Morgan fingerprint density at radius 2 is 1.30 bits per heavy atom. The maximum atomic E-state index is 10.2. The van der Waals surface area contributed by atoms with Gasteiger partial charge in [-0.05, 0) is 0 Å². The molecular formula is C18H35KO7S. The van der Waals surface area contributed by atoms with E-state index >= 15 is 0 Å². The van der Waals surface area contributed by atoms with E-state index in [1.54, 1.807) is 6.42 Å². The summed E-state index contributed by atoms with van der Waals surface area (Å²) in [5, 5.41) is 13.9. The van der Waals surface area contributed by atoms with Gasteiger partial charge < -0.3 is 10.2 Å². The molecule has 0 heterocycles. The van der Waals surface area contributed by atoms with Crippen molar-refractivity contribution in [3.05, 3.63) is 0 Å². The summed E-state index contributed by atoms with van der Waals surface area (Å²) >= 11 is 1.07. The Bertz CT molecular complexity index is 494. The van der Waals surface area contributed by atoms with E-state index in [4.69, 9.17) is 14.8 Å². The molecule has 2 atom stereocenters. The average molecular weight is 435 g/mol. The third kappa shape index (κ3) is 21.0. The summed E-state index contributed by atoms with van der Waals surface area (Å²) < 4.78 is 29.8. The van der Waals surface area contributed by atoms with E-state index in [9.17, 15) is 18.0 Å². The third-order valence-electron chi connectivity index (χ3n) is 4.35. The number of carboxylic acids is 2.